The molecule has 0 aliphatic carbocycles. The number of nitrogens with zero attached hydrogens (tertiary/aromatic N) is 2. The molecule has 0 bridgehead atoms. The topological polar surface area (TPSA) is 93.2 Å². The van der Waals surface area contributed by atoms with Gasteiger partial charge in [0.15, 0.2) is 6.10 Å². The van der Waals surface area contributed by atoms with E-state index in [-0.39, 0.29) is 26.4 Å². The minimum Gasteiger partial charge on any atom is -0.379 e. The molecule has 40 heavy (non-hydrogen) atoms. The number of hydrogen-bond acceptors (Lipinski definition) is 7. The molecule has 0 spiro atoms. The third kappa shape index (κ3) is 4.50. The van der Waals surface area contributed by atoms with Crippen molar-refractivity contribution in [3.8, 4) is 5.75 Å². The van der Waals surface area contributed by atoms with E-state index in [0.29, 0.717) is 11.3 Å². The Labute approximate surface area is 240 Å². The third-order valence-corrected chi connectivity index (χ3v) is 8.74. The smallest absolute Gasteiger partial charge is 0.339 e. The van der Waals surface area contributed by atoms with Gasteiger partial charge < -0.3 is 4.18 Å². The van der Waals surface area contributed by atoms with Gasteiger partial charge in [-0.1, -0.05) is 77.8 Å². The molecule has 4 aromatic carbocycles. The second-order valence-corrected chi connectivity index (χ2v) is 11.5. The number of halogens is 2. The van der Waals surface area contributed by atoms with Crippen LogP contribution in [0.4, 0.5) is 11.4 Å². The molecule has 0 aromatic heterocycles. The fraction of sp³-hybridized carbons (Fsp3) is 0.103. The molecule has 2 amide bonds. The molecule has 2 aliphatic rings. The molecular formula is C29H20Cl2N2O6S. The van der Waals surface area contributed by atoms with Crippen LogP contribution in [0.1, 0.15) is 11.6 Å². The molecule has 8 nitrogen and oxygen atoms in total. The molecule has 0 N–H and O–H groups in total. The van der Waals surface area contributed by atoms with Gasteiger partial charge in [0.2, 0.25) is 5.91 Å². The third-order valence-electron chi connectivity index (χ3n) is 6.76. The average molecular weight is 595 g/mol. The minimum atomic E-state index is -4.21. The number of benzene rings is 4. The maximum absolute atomic E-state index is 13.9. The van der Waals surface area contributed by atoms with Crippen molar-refractivity contribution in [1.82, 2.24) is 0 Å². The fourth-order valence-corrected chi connectivity index (χ4v) is 6.23. The van der Waals surface area contributed by atoms with Crippen LogP contribution in [0, 0.1) is 5.92 Å². The highest BCUT2D eigenvalue weighted by Gasteiger charge is 2.61. The summed E-state index contributed by atoms with van der Waals surface area (Å²) >= 11 is 12.2. The van der Waals surface area contributed by atoms with Crippen LogP contribution in [0.3, 0.4) is 0 Å². The number of anilines is 2. The van der Waals surface area contributed by atoms with Crippen LogP contribution in [0.2, 0.25) is 10.0 Å². The van der Waals surface area contributed by atoms with E-state index in [0.717, 1.165) is 4.90 Å². The van der Waals surface area contributed by atoms with Gasteiger partial charge in [-0.25, -0.2) is 9.96 Å². The SMILES string of the molecule is O=C1[C@@H]2[C@@H](ON(c3ccccc3)[C@H]2c2ccccc2OS(=O)(=O)c2ccccc2)C(=O)N1c1ccc(Cl)c(Cl)c1. The van der Waals surface area contributed by atoms with Gasteiger partial charge in [0.05, 0.1) is 27.5 Å². The molecule has 2 saturated heterocycles. The zero-order valence-electron chi connectivity index (χ0n) is 20.6. The van der Waals surface area contributed by atoms with Crippen LogP contribution >= 0.6 is 23.2 Å². The Morgan fingerprint density at radius 2 is 1.38 bits per heavy atom. The minimum absolute atomic E-state index is 0.00905. The lowest BCUT2D eigenvalue weighted by Gasteiger charge is -2.29. The Balaban J connectivity index is 1.45. The van der Waals surface area contributed by atoms with Crippen LogP contribution < -0.4 is 14.1 Å². The van der Waals surface area contributed by atoms with Crippen LogP contribution in [0.25, 0.3) is 0 Å². The predicted molar refractivity (Wildman–Crippen MR) is 150 cm³/mol. The molecule has 2 heterocycles. The van der Waals surface area contributed by atoms with Crippen molar-refractivity contribution < 1.29 is 27.0 Å². The predicted octanol–water partition coefficient (Wildman–Crippen LogP) is 5.81. The lowest BCUT2D eigenvalue weighted by Crippen LogP contribution is -2.37. The van der Waals surface area contributed by atoms with E-state index in [1.807, 2.05) is 6.07 Å². The molecule has 3 atom stereocenters. The summed E-state index contributed by atoms with van der Waals surface area (Å²) < 4.78 is 31.9. The van der Waals surface area contributed by atoms with Crippen molar-refractivity contribution in [3.63, 3.8) is 0 Å². The van der Waals surface area contributed by atoms with Gasteiger partial charge in [-0.2, -0.15) is 8.42 Å². The first kappa shape index (κ1) is 26.3. The van der Waals surface area contributed by atoms with Gasteiger partial charge in [0, 0.05) is 5.56 Å². The molecule has 4 aromatic rings. The maximum Gasteiger partial charge on any atom is 0.339 e. The van der Waals surface area contributed by atoms with Crippen molar-refractivity contribution in [3.05, 3.63) is 119 Å². The summed E-state index contributed by atoms with van der Waals surface area (Å²) in [5.74, 6) is -2.12. The number of fused-ring (bicyclic) bond motifs is 1. The molecule has 0 saturated carbocycles. The second kappa shape index (κ2) is 10.3. The van der Waals surface area contributed by atoms with Crippen LogP contribution in [-0.2, 0) is 24.5 Å². The normalized spacial score (nSPS) is 20.6. The zero-order valence-corrected chi connectivity index (χ0v) is 22.9. The molecule has 2 aliphatic heterocycles. The summed E-state index contributed by atoms with van der Waals surface area (Å²) in [6.07, 6.45) is -1.18. The summed E-state index contributed by atoms with van der Waals surface area (Å²) in [6.45, 7) is 0. The van der Waals surface area contributed by atoms with Gasteiger partial charge in [0.1, 0.15) is 16.6 Å². The largest absolute Gasteiger partial charge is 0.379 e. The monoisotopic (exact) mass is 594 g/mol. The Morgan fingerprint density at radius 1 is 0.725 bits per heavy atom. The van der Waals surface area contributed by atoms with Gasteiger partial charge in [-0.3, -0.25) is 14.4 Å². The van der Waals surface area contributed by atoms with Crippen molar-refractivity contribution in [2.24, 2.45) is 5.92 Å². The second-order valence-electron chi connectivity index (χ2n) is 9.16. The molecule has 0 unspecified atom stereocenters. The first-order valence-corrected chi connectivity index (χ1v) is 14.3. The summed E-state index contributed by atoms with van der Waals surface area (Å²) in [5, 5.41) is 1.93. The zero-order chi connectivity index (χ0) is 28.0. The van der Waals surface area contributed by atoms with Crippen LogP contribution in [0.15, 0.2) is 108 Å². The van der Waals surface area contributed by atoms with E-state index in [1.165, 1.54) is 41.5 Å². The first-order valence-electron chi connectivity index (χ1n) is 12.2. The van der Waals surface area contributed by atoms with Gasteiger partial charge >= 0.3 is 10.1 Å². The lowest BCUT2D eigenvalue weighted by atomic mass is 9.90. The standard InChI is InChI=1S/C29H20Cl2N2O6S/c30-22-16-15-19(17-23(22)31)32-28(34)25-26(33(38-27(25)29(32)35)18-9-3-1-4-10-18)21-13-7-8-14-24(21)39-40(36,37)20-11-5-2-6-12-20/h1-17,25-27H/t25-,26-,27+/m0/s1. The van der Waals surface area contributed by atoms with Gasteiger partial charge in [0.25, 0.3) is 5.91 Å². The maximum atomic E-state index is 13.9. The van der Waals surface area contributed by atoms with E-state index in [9.17, 15) is 18.0 Å². The van der Waals surface area contributed by atoms with Gasteiger partial charge in [-0.15, -0.1) is 0 Å². The highest BCUT2D eigenvalue weighted by Crippen LogP contribution is 2.50. The molecule has 6 rings (SSSR count). The molecule has 0 radical (unpaired) electrons. The highest BCUT2D eigenvalue weighted by molar-refractivity contribution is 7.87. The van der Waals surface area contributed by atoms with E-state index in [2.05, 4.69) is 0 Å². The quantitative estimate of drug-likeness (QED) is 0.205. The lowest BCUT2D eigenvalue weighted by molar-refractivity contribution is -0.126. The number of carbonyl (C=O) groups is 2. The number of imide groups is 1. The van der Waals surface area contributed by atoms with E-state index < -0.39 is 40.0 Å². The van der Waals surface area contributed by atoms with Gasteiger partial charge in [-0.05, 0) is 48.5 Å². The van der Waals surface area contributed by atoms with Crippen LogP contribution in [0.5, 0.6) is 5.75 Å². The van der Waals surface area contributed by atoms with E-state index in [4.69, 9.17) is 32.2 Å². The molecule has 11 heteroatoms. The summed E-state index contributed by atoms with van der Waals surface area (Å²) in [5.41, 5.74) is 1.18. The van der Waals surface area contributed by atoms with Crippen LogP contribution in [-0.4, -0.2) is 26.3 Å². The van der Waals surface area contributed by atoms with Crippen molar-refractivity contribution in [2.45, 2.75) is 17.0 Å². The number of amides is 2. The number of para-hydroxylation sites is 2. The number of hydroxylamine groups is 1. The molecule has 202 valence electrons. The average Bonchev–Trinajstić information content (AvgIpc) is 3.47. The molecular weight excluding hydrogens is 575 g/mol. The highest BCUT2D eigenvalue weighted by atomic mass is 35.5. The fourth-order valence-electron chi connectivity index (χ4n) is 4.96. The summed E-state index contributed by atoms with van der Waals surface area (Å²) in [7, 11) is -4.21. The van der Waals surface area contributed by atoms with E-state index in [1.54, 1.807) is 60.7 Å². The van der Waals surface area contributed by atoms with E-state index >= 15 is 0 Å². The summed E-state index contributed by atoms with van der Waals surface area (Å²) in [6, 6.07) is 26.7. The Hall–Kier alpha value is -3.89. The number of carbonyl (C=O) groups excluding carboxylic acids is 2. The van der Waals surface area contributed by atoms with Crippen molar-refractivity contribution in [1.29, 1.82) is 0 Å². The number of hydrogen-bond donors (Lipinski definition) is 0. The Kier molecular flexibility index (Phi) is 6.75. The Bertz CT molecular complexity index is 1720. The molecule has 2 fully saturated rings. The Morgan fingerprint density at radius 3 is 2.08 bits per heavy atom. The van der Waals surface area contributed by atoms with Crippen molar-refractivity contribution >= 4 is 56.5 Å². The summed E-state index contributed by atoms with van der Waals surface area (Å²) in [4.78, 5) is 34.7. The van der Waals surface area contributed by atoms with Crippen molar-refractivity contribution in [2.75, 3.05) is 9.96 Å². The number of rotatable bonds is 6. The first-order chi connectivity index (χ1) is 19.3.